The number of anilines is 2. The molecule has 33 heavy (non-hydrogen) atoms. The fraction of sp³-hybridized carbons (Fsp3) is 0.200. The maximum atomic E-state index is 13.1. The van der Waals surface area contributed by atoms with Gasteiger partial charge in [0.2, 0.25) is 0 Å². The fourth-order valence-corrected chi connectivity index (χ4v) is 3.71. The van der Waals surface area contributed by atoms with Crippen molar-refractivity contribution in [3.05, 3.63) is 71.8 Å². The Bertz CT molecular complexity index is 1170. The molecule has 0 spiro atoms. The fourth-order valence-electron chi connectivity index (χ4n) is 3.71. The predicted octanol–water partition coefficient (Wildman–Crippen LogP) is 3.85. The zero-order valence-electron chi connectivity index (χ0n) is 18.1. The number of morpholine rings is 1. The van der Waals surface area contributed by atoms with Gasteiger partial charge >= 0.3 is 5.97 Å². The number of carbonyl (C=O) groups is 2. The Balaban J connectivity index is 1.64. The lowest BCUT2D eigenvalue weighted by Gasteiger charge is -2.29. The minimum Gasteiger partial charge on any atom is -0.507 e. The summed E-state index contributed by atoms with van der Waals surface area (Å²) in [5, 5.41) is 22.6. The zero-order chi connectivity index (χ0) is 23.4. The molecule has 0 atom stereocenters. The molecule has 0 bridgehead atoms. The molecule has 1 saturated heterocycles. The number of aromatic carboxylic acids is 1. The van der Waals surface area contributed by atoms with Gasteiger partial charge in [-0.2, -0.15) is 0 Å². The molecule has 8 heteroatoms. The number of aromatic hydroxyl groups is 1. The molecule has 3 N–H and O–H groups in total. The predicted molar refractivity (Wildman–Crippen MR) is 124 cm³/mol. The smallest absolute Gasteiger partial charge is 0.337 e. The molecule has 0 aromatic heterocycles. The van der Waals surface area contributed by atoms with Crippen LogP contribution in [0.15, 0.2) is 60.7 Å². The van der Waals surface area contributed by atoms with E-state index in [-0.39, 0.29) is 22.6 Å². The highest BCUT2D eigenvalue weighted by Gasteiger charge is 2.19. The lowest BCUT2D eigenvalue weighted by Crippen LogP contribution is -2.36. The first-order valence-corrected chi connectivity index (χ1v) is 10.4. The standard InChI is InChI=1S/C25H24N2O6/c1-32-19-6-2-16(3-7-19)17-4-8-20(25(30)31)22(14-17)26-24(29)21-15-18(5-9-23(21)28)27-10-12-33-13-11-27/h2-9,14-15,28H,10-13H2,1H3,(H,26,29)(H,30,31). The van der Waals surface area contributed by atoms with Gasteiger partial charge in [-0.1, -0.05) is 18.2 Å². The first-order valence-electron chi connectivity index (χ1n) is 10.4. The number of carboxylic acids is 1. The van der Waals surface area contributed by atoms with Crippen LogP contribution in [0, 0.1) is 0 Å². The quantitative estimate of drug-likeness (QED) is 0.526. The highest BCUT2D eigenvalue weighted by Crippen LogP contribution is 2.30. The van der Waals surface area contributed by atoms with Crippen LogP contribution in [-0.4, -0.2) is 55.5 Å². The summed E-state index contributed by atoms with van der Waals surface area (Å²) in [7, 11) is 1.58. The van der Waals surface area contributed by atoms with Crippen molar-refractivity contribution in [1.82, 2.24) is 0 Å². The number of ether oxygens (including phenoxy) is 2. The van der Waals surface area contributed by atoms with Crippen LogP contribution in [0.4, 0.5) is 11.4 Å². The van der Waals surface area contributed by atoms with E-state index >= 15 is 0 Å². The Morgan fingerprint density at radius 3 is 2.30 bits per heavy atom. The molecule has 1 fully saturated rings. The number of phenolic OH excluding ortho intramolecular Hbond substituents is 1. The van der Waals surface area contributed by atoms with Crippen molar-refractivity contribution in [3.63, 3.8) is 0 Å². The van der Waals surface area contributed by atoms with Crippen molar-refractivity contribution in [1.29, 1.82) is 0 Å². The molecule has 1 amide bonds. The number of rotatable bonds is 6. The zero-order valence-corrected chi connectivity index (χ0v) is 18.1. The average molecular weight is 448 g/mol. The minimum atomic E-state index is -1.17. The maximum Gasteiger partial charge on any atom is 0.337 e. The second kappa shape index (κ2) is 9.62. The number of carboxylic acid groups (broad SMARTS) is 1. The van der Waals surface area contributed by atoms with Crippen molar-refractivity contribution in [2.24, 2.45) is 0 Å². The number of hydrogen-bond donors (Lipinski definition) is 3. The molecule has 0 aliphatic carbocycles. The Kier molecular flexibility index (Phi) is 6.46. The summed E-state index contributed by atoms with van der Waals surface area (Å²) in [4.78, 5) is 26.9. The van der Waals surface area contributed by atoms with Gasteiger partial charge in [-0.05, 0) is 53.6 Å². The van der Waals surface area contributed by atoms with E-state index in [2.05, 4.69) is 10.2 Å². The number of methoxy groups -OCH3 is 1. The highest BCUT2D eigenvalue weighted by molar-refractivity contribution is 6.10. The maximum absolute atomic E-state index is 13.1. The van der Waals surface area contributed by atoms with E-state index in [4.69, 9.17) is 9.47 Å². The van der Waals surface area contributed by atoms with E-state index in [0.717, 1.165) is 16.8 Å². The molecule has 1 heterocycles. The molecule has 0 saturated carbocycles. The van der Waals surface area contributed by atoms with Crippen LogP contribution in [0.2, 0.25) is 0 Å². The summed E-state index contributed by atoms with van der Waals surface area (Å²) in [6, 6.07) is 16.8. The summed E-state index contributed by atoms with van der Waals surface area (Å²) in [5.41, 5.74) is 2.49. The second-order valence-corrected chi connectivity index (χ2v) is 7.55. The molecular weight excluding hydrogens is 424 g/mol. The van der Waals surface area contributed by atoms with E-state index in [1.54, 1.807) is 43.5 Å². The van der Waals surface area contributed by atoms with Crippen LogP contribution < -0.4 is 15.0 Å². The van der Waals surface area contributed by atoms with Crippen molar-refractivity contribution < 1.29 is 29.3 Å². The van der Waals surface area contributed by atoms with Crippen LogP contribution in [0.1, 0.15) is 20.7 Å². The number of carbonyl (C=O) groups excluding carboxylic acids is 1. The third-order valence-corrected chi connectivity index (χ3v) is 5.52. The molecule has 8 nitrogen and oxygen atoms in total. The topological polar surface area (TPSA) is 108 Å². The number of phenols is 1. The van der Waals surface area contributed by atoms with Gasteiger partial charge in [-0.25, -0.2) is 4.79 Å². The summed E-state index contributed by atoms with van der Waals surface area (Å²) in [5.74, 6) is -1.26. The minimum absolute atomic E-state index is 0.0514. The highest BCUT2D eigenvalue weighted by atomic mass is 16.5. The van der Waals surface area contributed by atoms with Gasteiger partial charge in [-0.15, -0.1) is 0 Å². The van der Waals surface area contributed by atoms with Crippen molar-refractivity contribution >= 4 is 23.3 Å². The van der Waals surface area contributed by atoms with Gasteiger partial charge in [0.15, 0.2) is 0 Å². The Morgan fingerprint density at radius 2 is 1.64 bits per heavy atom. The second-order valence-electron chi connectivity index (χ2n) is 7.55. The van der Waals surface area contributed by atoms with E-state index in [1.165, 1.54) is 12.1 Å². The lowest BCUT2D eigenvalue weighted by atomic mass is 10.0. The first kappa shape index (κ1) is 22.2. The third-order valence-electron chi connectivity index (χ3n) is 5.52. The van der Waals surface area contributed by atoms with E-state index < -0.39 is 11.9 Å². The van der Waals surface area contributed by atoms with Crippen molar-refractivity contribution in [2.45, 2.75) is 0 Å². The number of hydrogen-bond acceptors (Lipinski definition) is 6. The first-order chi connectivity index (χ1) is 16.0. The van der Waals surface area contributed by atoms with Gasteiger partial charge in [0.05, 0.1) is 37.1 Å². The summed E-state index contributed by atoms with van der Waals surface area (Å²) in [6.45, 7) is 2.53. The summed E-state index contributed by atoms with van der Waals surface area (Å²) >= 11 is 0. The third kappa shape index (κ3) is 4.91. The van der Waals surface area contributed by atoms with Crippen LogP contribution in [0.5, 0.6) is 11.5 Å². The molecule has 170 valence electrons. The van der Waals surface area contributed by atoms with Gasteiger partial charge in [0, 0.05) is 18.8 Å². The molecule has 4 rings (SSSR count). The monoisotopic (exact) mass is 448 g/mol. The SMILES string of the molecule is COc1ccc(-c2ccc(C(=O)O)c(NC(=O)c3cc(N4CCOCC4)ccc3O)c2)cc1. The Labute approximate surface area is 191 Å². The number of benzene rings is 3. The molecule has 1 aliphatic heterocycles. The molecular formula is C25H24N2O6. The van der Waals surface area contributed by atoms with Crippen LogP contribution in [0.3, 0.4) is 0 Å². The average Bonchev–Trinajstić information content (AvgIpc) is 2.84. The Hall–Kier alpha value is -4.04. The van der Waals surface area contributed by atoms with E-state index in [1.807, 2.05) is 12.1 Å². The normalized spacial score (nSPS) is 13.4. The molecule has 1 aliphatic rings. The molecule has 0 radical (unpaired) electrons. The lowest BCUT2D eigenvalue weighted by molar-refractivity contribution is 0.0698. The number of nitrogens with zero attached hydrogens (tertiary/aromatic N) is 1. The molecule has 0 unspecified atom stereocenters. The van der Waals surface area contributed by atoms with E-state index in [9.17, 15) is 19.8 Å². The number of nitrogens with one attached hydrogen (secondary N) is 1. The van der Waals surface area contributed by atoms with Crippen molar-refractivity contribution in [3.8, 4) is 22.6 Å². The van der Waals surface area contributed by atoms with Gasteiger partial charge in [0.25, 0.3) is 5.91 Å². The Morgan fingerprint density at radius 1 is 0.939 bits per heavy atom. The largest absolute Gasteiger partial charge is 0.507 e. The molecule has 3 aromatic rings. The number of amides is 1. The molecule has 3 aromatic carbocycles. The van der Waals surface area contributed by atoms with Crippen LogP contribution in [0.25, 0.3) is 11.1 Å². The van der Waals surface area contributed by atoms with Gasteiger partial charge in [0.1, 0.15) is 11.5 Å². The van der Waals surface area contributed by atoms with Crippen LogP contribution in [-0.2, 0) is 4.74 Å². The summed E-state index contributed by atoms with van der Waals surface area (Å²) in [6.07, 6.45) is 0. The van der Waals surface area contributed by atoms with Crippen LogP contribution >= 0.6 is 0 Å². The summed E-state index contributed by atoms with van der Waals surface area (Å²) < 4.78 is 10.5. The van der Waals surface area contributed by atoms with E-state index in [0.29, 0.717) is 32.1 Å². The van der Waals surface area contributed by atoms with Gasteiger partial charge in [-0.3, -0.25) is 4.79 Å². The van der Waals surface area contributed by atoms with Crippen molar-refractivity contribution in [2.75, 3.05) is 43.6 Å². The van der Waals surface area contributed by atoms with Gasteiger partial charge < -0.3 is 29.9 Å².